The predicted molar refractivity (Wildman–Crippen MR) is 78.6 cm³/mol. The number of carbonyl (C=O) groups excluding carboxylic acids is 1. The summed E-state index contributed by atoms with van der Waals surface area (Å²) in [6.07, 6.45) is 1.37. The van der Waals surface area contributed by atoms with Gasteiger partial charge in [-0.2, -0.15) is 13.9 Å². The van der Waals surface area contributed by atoms with Crippen LogP contribution in [0.2, 0.25) is 0 Å². The zero-order chi connectivity index (χ0) is 15.2. The van der Waals surface area contributed by atoms with Crippen molar-refractivity contribution in [2.24, 2.45) is 0 Å². The van der Waals surface area contributed by atoms with Crippen molar-refractivity contribution in [1.29, 1.82) is 0 Å². The van der Waals surface area contributed by atoms with Gasteiger partial charge < -0.3 is 5.32 Å². The summed E-state index contributed by atoms with van der Waals surface area (Å²) in [5.74, 6) is -2.66. The van der Waals surface area contributed by atoms with Crippen molar-refractivity contribution in [3.8, 4) is 0 Å². The summed E-state index contributed by atoms with van der Waals surface area (Å²) in [6, 6.07) is 6.27. The highest BCUT2D eigenvalue weighted by atomic mass is 32.2. The minimum absolute atomic E-state index is 0.203. The van der Waals surface area contributed by atoms with Crippen molar-refractivity contribution in [2.45, 2.75) is 28.0 Å². The molecule has 1 heterocycles. The van der Waals surface area contributed by atoms with Gasteiger partial charge in [0.25, 0.3) is 5.76 Å². The lowest BCUT2D eigenvalue weighted by molar-refractivity contribution is -0.115. The Balaban J connectivity index is 1.89. The number of anilines is 1. The molecule has 0 aliphatic rings. The number of aromatic amines is 1. The lowest BCUT2D eigenvalue weighted by Crippen LogP contribution is -2.22. The second-order valence-electron chi connectivity index (χ2n) is 3.94. The average Bonchev–Trinajstić information content (AvgIpc) is 2.93. The molecule has 0 aliphatic heterocycles. The second-order valence-corrected chi connectivity index (χ2v) is 6.34. The van der Waals surface area contributed by atoms with Crippen molar-refractivity contribution in [3.05, 3.63) is 30.6 Å². The second kappa shape index (κ2) is 7.41. The molecule has 2 aromatic rings. The molecule has 0 saturated carbocycles. The van der Waals surface area contributed by atoms with Crippen LogP contribution in [0.25, 0.3) is 0 Å². The molecule has 0 spiro atoms. The lowest BCUT2D eigenvalue weighted by Gasteiger charge is -2.10. The van der Waals surface area contributed by atoms with E-state index in [1.165, 1.54) is 18.1 Å². The van der Waals surface area contributed by atoms with E-state index in [0.29, 0.717) is 27.5 Å². The van der Waals surface area contributed by atoms with Crippen LogP contribution in [0.5, 0.6) is 0 Å². The van der Waals surface area contributed by atoms with E-state index in [0.717, 1.165) is 0 Å². The van der Waals surface area contributed by atoms with Gasteiger partial charge in [0.1, 0.15) is 6.33 Å². The summed E-state index contributed by atoms with van der Waals surface area (Å²) in [5, 5.41) is 9.27. The van der Waals surface area contributed by atoms with Gasteiger partial charge in [0, 0.05) is 10.6 Å². The average molecular weight is 330 g/mol. The summed E-state index contributed by atoms with van der Waals surface area (Å²) in [7, 11) is 0. The summed E-state index contributed by atoms with van der Waals surface area (Å²) in [6.45, 7) is 1.74. The van der Waals surface area contributed by atoms with Gasteiger partial charge in [0.05, 0.1) is 5.25 Å². The van der Waals surface area contributed by atoms with Crippen LogP contribution >= 0.6 is 23.5 Å². The van der Waals surface area contributed by atoms with Gasteiger partial charge >= 0.3 is 0 Å². The van der Waals surface area contributed by atoms with E-state index in [9.17, 15) is 13.6 Å². The number of benzene rings is 1. The zero-order valence-corrected chi connectivity index (χ0v) is 12.5. The normalized spacial score (nSPS) is 12.4. The van der Waals surface area contributed by atoms with Crippen LogP contribution in [0, 0.1) is 0 Å². The molecular weight excluding hydrogens is 318 g/mol. The Morgan fingerprint density at radius 2 is 2.00 bits per heavy atom. The topological polar surface area (TPSA) is 70.7 Å². The van der Waals surface area contributed by atoms with E-state index in [1.54, 1.807) is 31.2 Å². The number of H-pyrrole nitrogens is 1. The third-order valence-electron chi connectivity index (χ3n) is 2.40. The van der Waals surface area contributed by atoms with Gasteiger partial charge in [-0.05, 0) is 31.2 Å². The molecule has 0 fully saturated rings. The van der Waals surface area contributed by atoms with Crippen LogP contribution in [0.4, 0.5) is 14.5 Å². The van der Waals surface area contributed by atoms with E-state index < -0.39 is 5.76 Å². The SMILES string of the molecule is C[C@@H](Sc1ncn[nH]1)C(=O)Nc1ccc(SC(F)F)cc1. The first-order valence-corrected chi connectivity index (χ1v) is 7.68. The Morgan fingerprint density at radius 1 is 1.29 bits per heavy atom. The minimum atomic E-state index is -2.45. The van der Waals surface area contributed by atoms with Crippen molar-refractivity contribution in [2.75, 3.05) is 5.32 Å². The first-order chi connectivity index (χ1) is 10.0. The molecule has 5 nitrogen and oxygen atoms in total. The van der Waals surface area contributed by atoms with Crippen LogP contribution in [0.15, 0.2) is 40.6 Å². The Morgan fingerprint density at radius 3 is 2.57 bits per heavy atom. The molecule has 1 atom stereocenters. The van der Waals surface area contributed by atoms with Crippen molar-refractivity contribution in [3.63, 3.8) is 0 Å². The Hall–Kier alpha value is -1.61. The molecule has 0 bridgehead atoms. The van der Waals surface area contributed by atoms with Gasteiger partial charge in [0.2, 0.25) is 5.91 Å². The standard InChI is InChI=1S/C12H12F2N4OS2/c1-7(20-12-15-6-16-18-12)10(19)17-8-2-4-9(5-3-8)21-11(13)14/h2-7,11H,1H3,(H,17,19)(H,15,16,18)/t7-/m1/s1. The smallest absolute Gasteiger partial charge is 0.288 e. The third kappa shape index (κ3) is 5.01. The maximum Gasteiger partial charge on any atom is 0.288 e. The van der Waals surface area contributed by atoms with Gasteiger partial charge in [-0.15, -0.1) is 0 Å². The van der Waals surface area contributed by atoms with Crippen LogP contribution in [0.3, 0.4) is 0 Å². The molecule has 112 valence electrons. The molecule has 0 aliphatic carbocycles. The molecule has 0 radical (unpaired) electrons. The number of thioether (sulfide) groups is 2. The largest absolute Gasteiger partial charge is 0.325 e. The van der Waals surface area contributed by atoms with Crippen LogP contribution < -0.4 is 5.32 Å². The fourth-order valence-corrected chi connectivity index (χ4v) is 2.65. The predicted octanol–water partition coefficient (Wildman–Crippen LogP) is 3.24. The molecule has 2 rings (SSSR count). The highest BCUT2D eigenvalue weighted by Gasteiger charge is 2.16. The first kappa shape index (κ1) is 15.8. The monoisotopic (exact) mass is 330 g/mol. The van der Waals surface area contributed by atoms with Gasteiger partial charge in [-0.25, -0.2) is 4.98 Å². The Labute approximate surface area is 128 Å². The molecule has 9 heteroatoms. The van der Waals surface area contributed by atoms with Crippen molar-refractivity contribution in [1.82, 2.24) is 15.2 Å². The molecule has 1 aromatic carbocycles. The van der Waals surface area contributed by atoms with Crippen LogP contribution in [-0.2, 0) is 4.79 Å². The van der Waals surface area contributed by atoms with E-state index in [-0.39, 0.29) is 11.2 Å². The fraction of sp³-hybridized carbons (Fsp3) is 0.250. The van der Waals surface area contributed by atoms with Crippen molar-refractivity contribution >= 4 is 35.1 Å². The molecule has 1 aromatic heterocycles. The summed E-state index contributed by atoms with van der Waals surface area (Å²) in [5.41, 5.74) is 0.559. The van der Waals surface area contributed by atoms with Gasteiger partial charge in [-0.1, -0.05) is 23.5 Å². The van der Waals surface area contributed by atoms with Crippen molar-refractivity contribution < 1.29 is 13.6 Å². The third-order valence-corrected chi connectivity index (χ3v) is 4.11. The summed E-state index contributed by atoms with van der Waals surface area (Å²) in [4.78, 5) is 16.4. The van der Waals surface area contributed by atoms with Gasteiger partial charge in [0.15, 0.2) is 5.16 Å². The number of aromatic nitrogens is 3. The summed E-state index contributed by atoms with van der Waals surface area (Å²) >= 11 is 1.71. The van der Waals surface area contributed by atoms with E-state index in [1.807, 2.05) is 0 Å². The lowest BCUT2D eigenvalue weighted by atomic mass is 10.3. The highest BCUT2D eigenvalue weighted by Crippen LogP contribution is 2.26. The minimum Gasteiger partial charge on any atom is -0.325 e. The number of amides is 1. The zero-order valence-electron chi connectivity index (χ0n) is 10.9. The molecule has 1 amide bonds. The Kier molecular flexibility index (Phi) is 5.57. The van der Waals surface area contributed by atoms with Crippen LogP contribution in [0.1, 0.15) is 6.92 Å². The van der Waals surface area contributed by atoms with E-state index >= 15 is 0 Å². The number of nitrogens with zero attached hydrogens (tertiary/aromatic N) is 2. The number of carbonyl (C=O) groups is 1. The molecule has 0 unspecified atom stereocenters. The maximum absolute atomic E-state index is 12.2. The quantitative estimate of drug-likeness (QED) is 0.796. The number of hydrogen-bond donors (Lipinski definition) is 2. The van der Waals surface area contributed by atoms with Crippen LogP contribution in [-0.4, -0.2) is 32.1 Å². The fourth-order valence-electron chi connectivity index (χ4n) is 1.44. The van der Waals surface area contributed by atoms with Gasteiger partial charge in [-0.3, -0.25) is 9.89 Å². The highest BCUT2D eigenvalue weighted by molar-refractivity contribution is 8.00. The number of nitrogens with one attached hydrogen (secondary N) is 2. The molecule has 2 N–H and O–H groups in total. The first-order valence-electron chi connectivity index (χ1n) is 5.92. The maximum atomic E-state index is 12.2. The molecular formula is C12H12F2N4OS2. The number of halogens is 2. The Bertz CT molecular complexity index is 577. The summed E-state index contributed by atoms with van der Waals surface area (Å²) < 4.78 is 24.4. The molecule has 21 heavy (non-hydrogen) atoms. The van der Waals surface area contributed by atoms with E-state index in [2.05, 4.69) is 20.5 Å². The number of hydrogen-bond acceptors (Lipinski definition) is 5. The van der Waals surface area contributed by atoms with E-state index in [4.69, 9.17) is 0 Å². The number of alkyl halides is 2. The number of rotatable bonds is 6. The molecule has 0 saturated heterocycles.